The number of ether oxygens (including phenoxy) is 1. The first-order valence-electron chi connectivity index (χ1n) is 7.89. The van der Waals surface area contributed by atoms with E-state index in [1.54, 1.807) is 6.26 Å². The molecule has 2 heterocycles. The zero-order valence-corrected chi connectivity index (χ0v) is 14.2. The number of rotatable bonds is 5. The summed E-state index contributed by atoms with van der Waals surface area (Å²) in [4.78, 5) is 2.47. The molecule has 2 rings (SSSR count). The minimum absolute atomic E-state index is 0.00813. The van der Waals surface area contributed by atoms with E-state index in [2.05, 4.69) is 44.0 Å². The van der Waals surface area contributed by atoms with Gasteiger partial charge in [-0.05, 0) is 53.1 Å². The second kappa shape index (κ2) is 6.51. The molecule has 0 aliphatic carbocycles. The summed E-state index contributed by atoms with van der Waals surface area (Å²) in [7, 11) is 1.82. The van der Waals surface area contributed by atoms with E-state index in [9.17, 15) is 0 Å². The summed E-state index contributed by atoms with van der Waals surface area (Å²) >= 11 is 0. The van der Waals surface area contributed by atoms with Gasteiger partial charge in [-0.15, -0.1) is 0 Å². The van der Waals surface area contributed by atoms with E-state index in [0.717, 1.165) is 38.4 Å². The molecule has 1 fully saturated rings. The zero-order chi connectivity index (χ0) is 15.5. The first kappa shape index (κ1) is 16.5. The van der Waals surface area contributed by atoms with Gasteiger partial charge in [0.05, 0.1) is 18.4 Å². The molecule has 0 amide bonds. The highest BCUT2D eigenvalue weighted by molar-refractivity contribution is 5.17. The van der Waals surface area contributed by atoms with Crippen LogP contribution in [0.2, 0.25) is 0 Å². The molecule has 0 spiro atoms. The molecule has 0 bridgehead atoms. The maximum absolute atomic E-state index is 5.67. The van der Waals surface area contributed by atoms with Crippen LogP contribution in [0.15, 0.2) is 16.7 Å². The minimum Gasteiger partial charge on any atom is -0.468 e. The van der Waals surface area contributed by atoms with Crippen LogP contribution in [0.25, 0.3) is 0 Å². The third-order valence-corrected chi connectivity index (χ3v) is 4.24. The number of nitrogens with one attached hydrogen (secondary N) is 1. The average Bonchev–Trinajstić information content (AvgIpc) is 2.83. The fourth-order valence-electron chi connectivity index (χ4n) is 2.86. The lowest BCUT2D eigenvalue weighted by molar-refractivity contribution is -0.0528. The van der Waals surface area contributed by atoms with Crippen LogP contribution < -0.4 is 5.32 Å². The van der Waals surface area contributed by atoms with E-state index in [1.807, 2.05) is 7.11 Å². The van der Waals surface area contributed by atoms with Crippen molar-refractivity contribution in [2.45, 2.75) is 64.8 Å². The van der Waals surface area contributed by atoms with Crippen LogP contribution in [0.3, 0.4) is 0 Å². The fraction of sp³-hybridized carbons (Fsp3) is 0.765. The van der Waals surface area contributed by atoms with Crippen molar-refractivity contribution in [2.24, 2.45) is 0 Å². The molecule has 1 aliphatic rings. The summed E-state index contributed by atoms with van der Waals surface area (Å²) in [5, 5.41) is 3.49. The predicted octanol–water partition coefficient (Wildman–Crippen LogP) is 3.17. The van der Waals surface area contributed by atoms with Crippen LogP contribution in [0.4, 0.5) is 0 Å². The molecule has 21 heavy (non-hydrogen) atoms. The minimum atomic E-state index is -0.00813. The Morgan fingerprint density at radius 3 is 2.86 bits per heavy atom. The second-order valence-corrected chi connectivity index (χ2v) is 7.44. The SMILES string of the molecule is COC1(C)CCCN(Cc2ccoc2CNC(C)(C)C)C1. The molecule has 1 N–H and O–H groups in total. The molecule has 1 aliphatic heterocycles. The second-order valence-electron chi connectivity index (χ2n) is 7.44. The lowest BCUT2D eigenvalue weighted by Gasteiger charge is -2.39. The van der Waals surface area contributed by atoms with Gasteiger partial charge in [-0.2, -0.15) is 0 Å². The van der Waals surface area contributed by atoms with Crippen LogP contribution in [0.1, 0.15) is 51.9 Å². The van der Waals surface area contributed by atoms with Gasteiger partial charge in [0.2, 0.25) is 0 Å². The Bertz CT molecular complexity index is 450. The van der Waals surface area contributed by atoms with Gasteiger partial charge in [0.1, 0.15) is 5.76 Å². The number of piperidine rings is 1. The molecule has 0 aromatic carbocycles. The van der Waals surface area contributed by atoms with E-state index in [4.69, 9.17) is 9.15 Å². The van der Waals surface area contributed by atoms with Gasteiger partial charge in [-0.1, -0.05) is 0 Å². The Morgan fingerprint density at radius 2 is 2.19 bits per heavy atom. The molecule has 0 saturated carbocycles. The monoisotopic (exact) mass is 294 g/mol. The summed E-state index contributed by atoms with van der Waals surface area (Å²) in [6, 6.07) is 2.10. The topological polar surface area (TPSA) is 37.6 Å². The van der Waals surface area contributed by atoms with Crippen LogP contribution in [-0.2, 0) is 17.8 Å². The van der Waals surface area contributed by atoms with Gasteiger partial charge >= 0.3 is 0 Å². The molecule has 0 radical (unpaired) electrons. The highest BCUT2D eigenvalue weighted by Gasteiger charge is 2.31. The Kier molecular flexibility index (Phi) is 5.12. The Balaban J connectivity index is 1.95. The molecule has 1 atom stereocenters. The van der Waals surface area contributed by atoms with Crippen molar-refractivity contribution in [3.8, 4) is 0 Å². The maximum atomic E-state index is 5.67. The van der Waals surface area contributed by atoms with E-state index in [0.29, 0.717) is 0 Å². The zero-order valence-electron chi connectivity index (χ0n) is 14.2. The standard InChI is InChI=1S/C17H30N2O2/c1-16(2,3)18-11-15-14(7-10-21-15)12-19-9-6-8-17(4,13-19)20-5/h7,10,18H,6,8-9,11-13H2,1-5H3. The lowest BCUT2D eigenvalue weighted by Crippen LogP contribution is -2.47. The van der Waals surface area contributed by atoms with Crippen LogP contribution >= 0.6 is 0 Å². The molecule has 4 heteroatoms. The number of hydrogen-bond acceptors (Lipinski definition) is 4. The largest absolute Gasteiger partial charge is 0.468 e. The van der Waals surface area contributed by atoms with Gasteiger partial charge in [0.15, 0.2) is 0 Å². The highest BCUT2D eigenvalue weighted by Crippen LogP contribution is 2.26. The van der Waals surface area contributed by atoms with Crippen molar-refractivity contribution in [1.29, 1.82) is 0 Å². The Hall–Kier alpha value is -0.840. The van der Waals surface area contributed by atoms with E-state index in [-0.39, 0.29) is 11.1 Å². The smallest absolute Gasteiger partial charge is 0.122 e. The maximum Gasteiger partial charge on any atom is 0.122 e. The third kappa shape index (κ3) is 4.83. The van der Waals surface area contributed by atoms with Crippen molar-refractivity contribution in [2.75, 3.05) is 20.2 Å². The van der Waals surface area contributed by atoms with Crippen molar-refractivity contribution in [1.82, 2.24) is 10.2 Å². The first-order chi connectivity index (χ1) is 9.81. The lowest BCUT2D eigenvalue weighted by atomic mass is 9.94. The molecule has 1 unspecified atom stereocenters. The quantitative estimate of drug-likeness (QED) is 0.905. The third-order valence-electron chi connectivity index (χ3n) is 4.24. The van der Waals surface area contributed by atoms with E-state index in [1.165, 1.54) is 12.0 Å². The van der Waals surface area contributed by atoms with Crippen molar-refractivity contribution in [3.05, 3.63) is 23.7 Å². The summed E-state index contributed by atoms with van der Waals surface area (Å²) in [6.45, 7) is 12.6. The summed E-state index contributed by atoms with van der Waals surface area (Å²) < 4.78 is 11.3. The van der Waals surface area contributed by atoms with Gasteiger partial charge in [0.25, 0.3) is 0 Å². The van der Waals surface area contributed by atoms with E-state index < -0.39 is 0 Å². The molecule has 1 saturated heterocycles. The Morgan fingerprint density at radius 1 is 1.43 bits per heavy atom. The van der Waals surface area contributed by atoms with Gasteiger partial charge in [0, 0.05) is 31.3 Å². The van der Waals surface area contributed by atoms with E-state index >= 15 is 0 Å². The molecular formula is C17H30N2O2. The molecular weight excluding hydrogens is 264 g/mol. The normalized spacial score (nSPS) is 24.4. The summed E-state index contributed by atoms with van der Waals surface area (Å²) in [5.41, 5.74) is 1.38. The number of furan rings is 1. The number of methoxy groups -OCH3 is 1. The number of hydrogen-bond donors (Lipinski definition) is 1. The molecule has 1 aromatic heterocycles. The highest BCUT2D eigenvalue weighted by atomic mass is 16.5. The van der Waals surface area contributed by atoms with Crippen molar-refractivity contribution >= 4 is 0 Å². The average molecular weight is 294 g/mol. The molecule has 4 nitrogen and oxygen atoms in total. The van der Waals surface area contributed by atoms with Gasteiger partial charge in [-0.25, -0.2) is 0 Å². The number of likely N-dealkylation sites (tertiary alicyclic amines) is 1. The summed E-state index contributed by atoms with van der Waals surface area (Å²) in [5.74, 6) is 1.05. The van der Waals surface area contributed by atoms with Gasteiger partial charge in [-0.3, -0.25) is 4.90 Å². The fourth-order valence-corrected chi connectivity index (χ4v) is 2.86. The van der Waals surface area contributed by atoms with Crippen LogP contribution in [0.5, 0.6) is 0 Å². The number of nitrogens with zero attached hydrogens (tertiary/aromatic N) is 1. The summed E-state index contributed by atoms with van der Waals surface area (Å²) in [6.07, 6.45) is 4.13. The predicted molar refractivity (Wildman–Crippen MR) is 85.2 cm³/mol. The van der Waals surface area contributed by atoms with Crippen LogP contribution in [-0.4, -0.2) is 36.2 Å². The van der Waals surface area contributed by atoms with Crippen molar-refractivity contribution in [3.63, 3.8) is 0 Å². The Labute approximate surface area is 128 Å². The van der Waals surface area contributed by atoms with Gasteiger partial charge < -0.3 is 14.5 Å². The molecule has 1 aromatic rings. The van der Waals surface area contributed by atoms with Crippen LogP contribution in [0, 0.1) is 0 Å². The first-order valence-corrected chi connectivity index (χ1v) is 7.89. The van der Waals surface area contributed by atoms with Crippen molar-refractivity contribution < 1.29 is 9.15 Å². The molecule has 120 valence electrons.